The molecule has 3 fully saturated rings. The van der Waals surface area contributed by atoms with Gasteiger partial charge in [-0.3, -0.25) is 14.4 Å². The summed E-state index contributed by atoms with van der Waals surface area (Å²) in [4.78, 5) is 53.6. The van der Waals surface area contributed by atoms with Crippen molar-refractivity contribution in [3.8, 4) is 0 Å². The van der Waals surface area contributed by atoms with Gasteiger partial charge in [0.25, 0.3) is 0 Å². The Morgan fingerprint density at radius 3 is 2.21 bits per heavy atom. The SMILES string of the molecule is Cc1ccc(C(=O)COC(=O)c2ccccc2N2C(=O)[C@@H]3[C@H]4C=C[C@@H]([C@@H]5C[C@@H]45)[C@@H]3C2=O)cc1C. The molecule has 5 aliphatic rings. The zero-order chi connectivity index (χ0) is 23.7. The number of carbonyl (C=O) groups is 4. The number of imide groups is 1. The summed E-state index contributed by atoms with van der Waals surface area (Å²) in [7, 11) is 0. The van der Waals surface area contributed by atoms with Gasteiger partial charge in [0, 0.05) is 5.56 Å². The van der Waals surface area contributed by atoms with Crippen molar-refractivity contribution in [3.05, 3.63) is 76.9 Å². The lowest BCUT2D eigenvalue weighted by molar-refractivity contribution is -0.124. The molecule has 2 aromatic carbocycles. The van der Waals surface area contributed by atoms with Gasteiger partial charge in [0.2, 0.25) is 11.8 Å². The molecule has 1 saturated heterocycles. The van der Waals surface area contributed by atoms with Gasteiger partial charge >= 0.3 is 5.97 Å². The number of hydrogen-bond acceptors (Lipinski definition) is 5. The molecule has 0 aromatic heterocycles. The van der Waals surface area contributed by atoms with E-state index in [2.05, 4.69) is 12.2 Å². The zero-order valence-corrected chi connectivity index (χ0v) is 19.1. The van der Waals surface area contributed by atoms with E-state index in [0.29, 0.717) is 17.4 Å². The van der Waals surface area contributed by atoms with Crippen molar-refractivity contribution in [2.24, 2.45) is 35.5 Å². The molecule has 4 aliphatic carbocycles. The van der Waals surface area contributed by atoms with Crippen molar-refractivity contribution in [2.45, 2.75) is 20.3 Å². The third-order valence-electron chi connectivity index (χ3n) is 8.19. The maximum Gasteiger partial charge on any atom is 0.340 e. The Morgan fingerprint density at radius 1 is 0.912 bits per heavy atom. The largest absolute Gasteiger partial charge is 0.454 e. The highest BCUT2D eigenvalue weighted by Crippen LogP contribution is 2.65. The minimum Gasteiger partial charge on any atom is -0.454 e. The summed E-state index contributed by atoms with van der Waals surface area (Å²) in [6, 6.07) is 11.8. The molecule has 0 unspecified atom stereocenters. The molecule has 2 aromatic rings. The topological polar surface area (TPSA) is 80.8 Å². The summed E-state index contributed by atoms with van der Waals surface area (Å²) in [5, 5.41) is 0. The number of ether oxygens (including phenoxy) is 1. The van der Waals surface area contributed by atoms with Crippen LogP contribution in [0.4, 0.5) is 5.69 Å². The second-order valence-corrected chi connectivity index (χ2v) is 9.98. The highest BCUT2D eigenvalue weighted by atomic mass is 16.5. The molecule has 2 saturated carbocycles. The number of rotatable bonds is 5. The Morgan fingerprint density at radius 2 is 1.56 bits per heavy atom. The second kappa shape index (κ2) is 7.49. The van der Waals surface area contributed by atoms with Crippen LogP contribution >= 0.6 is 0 Å². The third-order valence-corrected chi connectivity index (χ3v) is 8.19. The van der Waals surface area contributed by atoms with Gasteiger partial charge in [-0.15, -0.1) is 0 Å². The fourth-order valence-electron chi connectivity index (χ4n) is 6.24. The first kappa shape index (κ1) is 21.0. The number of benzene rings is 2. The van der Waals surface area contributed by atoms with E-state index in [-0.39, 0.29) is 52.5 Å². The first-order chi connectivity index (χ1) is 16.4. The average molecular weight is 456 g/mol. The molecule has 6 atom stereocenters. The van der Waals surface area contributed by atoms with Gasteiger partial charge < -0.3 is 4.74 Å². The minimum atomic E-state index is -0.729. The molecule has 0 spiro atoms. The number of Topliss-reactive ketones (excluding diaryl/α,β-unsaturated/α-hetero) is 1. The Bertz CT molecular complexity index is 1260. The van der Waals surface area contributed by atoms with Crippen LogP contribution in [0.15, 0.2) is 54.6 Å². The van der Waals surface area contributed by atoms with E-state index in [1.54, 1.807) is 30.3 Å². The molecule has 0 N–H and O–H groups in total. The smallest absolute Gasteiger partial charge is 0.340 e. The summed E-state index contributed by atoms with van der Waals surface area (Å²) < 4.78 is 5.33. The Labute approximate surface area is 197 Å². The lowest BCUT2D eigenvalue weighted by Crippen LogP contribution is -2.40. The van der Waals surface area contributed by atoms with Crippen molar-refractivity contribution in [3.63, 3.8) is 0 Å². The normalized spacial score (nSPS) is 30.2. The molecular formula is C28H25NO5. The van der Waals surface area contributed by atoms with Crippen LogP contribution in [0.3, 0.4) is 0 Å². The third kappa shape index (κ3) is 3.01. The van der Waals surface area contributed by atoms with Gasteiger partial charge in [-0.1, -0.05) is 36.4 Å². The van der Waals surface area contributed by atoms with Crippen LogP contribution in [0.1, 0.15) is 38.3 Å². The Balaban J connectivity index is 1.23. The number of aryl methyl sites for hydroxylation is 2. The second-order valence-electron chi connectivity index (χ2n) is 9.98. The molecule has 2 amide bonds. The molecule has 1 heterocycles. The first-order valence-corrected chi connectivity index (χ1v) is 11.8. The monoisotopic (exact) mass is 455 g/mol. The van der Waals surface area contributed by atoms with E-state index >= 15 is 0 Å². The van der Waals surface area contributed by atoms with Crippen molar-refractivity contribution in [1.82, 2.24) is 0 Å². The molecule has 6 nitrogen and oxygen atoms in total. The fourth-order valence-corrected chi connectivity index (χ4v) is 6.24. The summed E-state index contributed by atoms with van der Waals surface area (Å²) >= 11 is 0. The Kier molecular flexibility index (Phi) is 4.63. The van der Waals surface area contributed by atoms with Crippen LogP contribution in [-0.4, -0.2) is 30.2 Å². The maximum absolute atomic E-state index is 13.5. The molecule has 2 bridgehead atoms. The average Bonchev–Trinajstić information content (AvgIpc) is 3.62. The van der Waals surface area contributed by atoms with Crippen molar-refractivity contribution < 1.29 is 23.9 Å². The van der Waals surface area contributed by atoms with Crippen LogP contribution in [0.2, 0.25) is 0 Å². The van der Waals surface area contributed by atoms with E-state index in [9.17, 15) is 19.2 Å². The molecule has 7 rings (SSSR count). The predicted octanol–water partition coefficient (Wildman–Crippen LogP) is 3.90. The van der Waals surface area contributed by atoms with E-state index in [1.165, 1.54) is 11.0 Å². The maximum atomic E-state index is 13.5. The summed E-state index contributed by atoms with van der Waals surface area (Å²) in [5.74, 6) is -0.968. The number of hydrogen-bond donors (Lipinski definition) is 0. The number of ketones is 1. The van der Waals surface area contributed by atoms with Gasteiger partial charge in [-0.25, -0.2) is 9.69 Å². The summed E-state index contributed by atoms with van der Waals surface area (Å²) in [6.45, 7) is 3.46. The van der Waals surface area contributed by atoms with Gasteiger partial charge in [0.1, 0.15) is 0 Å². The quantitative estimate of drug-likeness (QED) is 0.296. The van der Waals surface area contributed by atoms with Crippen molar-refractivity contribution >= 4 is 29.3 Å². The number of allylic oxidation sites excluding steroid dienone is 2. The molecule has 34 heavy (non-hydrogen) atoms. The molecule has 6 heteroatoms. The molecule has 172 valence electrons. The van der Waals surface area contributed by atoms with Crippen LogP contribution in [0.5, 0.6) is 0 Å². The molecule has 0 radical (unpaired) electrons. The van der Waals surface area contributed by atoms with E-state index in [1.807, 2.05) is 19.9 Å². The number of para-hydroxylation sites is 1. The molecular weight excluding hydrogens is 430 g/mol. The molecule has 1 aliphatic heterocycles. The van der Waals surface area contributed by atoms with E-state index in [0.717, 1.165) is 17.5 Å². The number of amides is 2. The Hall–Kier alpha value is -3.54. The number of esters is 1. The lowest BCUT2D eigenvalue weighted by Gasteiger charge is -2.37. The highest BCUT2D eigenvalue weighted by Gasteiger charge is 2.67. The number of anilines is 1. The van der Waals surface area contributed by atoms with Crippen LogP contribution < -0.4 is 4.90 Å². The number of carbonyl (C=O) groups excluding carboxylic acids is 4. The van der Waals surface area contributed by atoms with Gasteiger partial charge in [-0.05, 0) is 73.3 Å². The minimum absolute atomic E-state index is 0.108. The fraction of sp³-hybridized carbons (Fsp3) is 0.357. The predicted molar refractivity (Wildman–Crippen MR) is 124 cm³/mol. The highest BCUT2D eigenvalue weighted by molar-refractivity contribution is 6.24. The van der Waals surface area contributed by atoms with E-state index < -0.39 is 12.6 Å². The van der Waals surface area contributed by atoms with Gasteiger partial charge in [-0.2, -0.15) is 0 Å². The standard InChI is InChI=1S/C28H25NO5/c1-14-7-8-16(11-15(14)2)23(30)13-34-28(33)19-5-3-4-6-22(19)29-26(31)24-17-9-10-18(21-12-20(17)21)25(24)27(29)32/h3-11,17-18,20-21,24-25H,12-13H2,1-2H3/t17-,18-,20-,21-,24-,25+/m0/s1. The van der Waals surface area contributed by atoms with Crippen LogP contribution in [-0.2, 0) is 14.3 Å². The summed E-state index contributed by atoms with van der Waals surface area (Å²) in [5.41, 5.74) is 2.88. The van der Waals surface area contributed by atoms with E-state index in [4.69, 9.17) is 4.74 Å². The van der Waals surface area contributed by atoms with Crippen LogP contribution in [0, 0.1) is 49.4 Å². The lowest BCUT2D eigenvalue weighted by atomic mass is 9.63. The van der Waals surface area contributed by atoms with Crippen molar-refractivity contribution in [1.29, 1.82) is 0 Å². The first-order valence-electron chi connectivity index (χ1n) is 11.8. The van der Waals surface area contributed by atoms with Gasteiger partial charge in [0.05, 0.1) is 23.1 Å². The number of nitrogens with zero attached hydrogens (tertiary/aromatic N) is 1. The summed E-state index contributed by atoms with van der Waals surface area (Å²) in [6.07, 6.45) is 5.33. The van der Waals surface area contributed by atoms with Crippen molar-refractivity contribution in [2.75, 3.05) is 11.5 Å². The zero-order valence-electron chi connectivity index (χ0n) is 19.1. The van der Waals surface area contributed by atoms with Gasteiger partial charge in [0.15, 0.2) is 12.4 Å². The van der Waals surface area contributed by atoms with Crippen LogP contribution in [0.25, 0.3) is 0 Å².